The maximum atomic E-state index is 11.1. The number of aliphatic hydroxyl groups excluding tert-OH is 1. The molecule has 0 radical (unpaired) electrons. The first kappa shape index (κ1) is 12.7. The van der Waals surface area contributed by atoms with Gasteiger partial charge in [-0.2, -0.15) is 4.73 Å². The molecule has 1 rings (SSSR count). The fraction of sp³-hybridized carbons (Fsp3) is 0.222. The van der Waals surface area contributed by atoms with Crippen molar-refractivity contribution in [3.05, 3.63) is 34.8 Å². The quantitative estimate of drug-likeness (QED) is 0.571. The van der Waals surface area contributed by atoms with Gasteiger partial charge in [0.2, 0.25) is 5.69 Å². The zero-order chi connectivity index (χ0) is 10.0. The Balaban J connectivity index is 0.00000169. The first-order valence-electron chi connectivity index (χ1n) is 3.79. The molecule has 1 aromatic heterocycles. The van der Waals surface area contributed by atoms with Gasteiger partial charge in [-0.3, -0.25) is 0 Å². The van der Waals surface area contributed by atoms with E-state index >= 15 is 0 Å². The number of aromatic hydroxyl groups is 1. The molecule has 0 aliphatic carbocycles. The van der Waals surface area contributed by atoms with Gasteiger partial charge in [-0.25, -0.2) is 0 Å². The molecule has 78 valence electrons. The van der Waals surface area contributed by atoms with E-state index < -0.39 is 0 Å². The number of hydrogen-bond acceptors (Lipinski definition) is 3. The van der Waals surface area contributed by atoms with Crippen LogP contribution in [0.5, 0.6) is 5.75 Å². The third kappa shape index (κ3) is 1.97. The lowest BCUT2D eigenvalue weighted by atomic mass is 10.1. The van der Waals surface area contributed by atoms with Crippen molar-refractivity contribution < 1.29 is 14.9 Å². The third-order valence-corrected chi connectivity index (χ3v) is 1.94. The lowest BCUT2D eigenvalue weighted by molar-refractivity contribution is -0.613. The van der Waals surface area contributed by atoms with Crippen LogP contribution in [0.15, 0.2) is 12.8 Å². The maximum Gasteiger partial charge on any atom is 0.231 e. The largest absolute Gasteiger partial charge is 0.618 e. The van der Waals surface area contributed by atoms with Crippen LogP contribution in [0.4, 0.5) is 0 Å². The lowest BCUT2D eigenvalue weighted by Gasteiger charge is -2.08. The van der Waals surface area contributed by atoms with Gasteiger partial charge in [-0.1, -0.05) is 12.7 Å². The zero-order valence-corrected chi connectivity index (χ0v) is 8.54. The molecule has 0 unspecified atom stereocenters. The minimum absolute atomic E-state index is 0. The Morgan fingerprint density at radius 2 is 2.21 bits per heavy atom. The van der Waals surface area contributed by atoms with Gasteiger partial charge in [0.25, 0.3) is 0 Å². The van der Waals surface area contributed by atoms with Crippen LogP contribution in [0.1, 0.15) is 16.8 Å². The Morgan fingerprint density at radius 3 is 2.64 bits per heavy atom. The highest BCUT2D eigenvalue weighted by Gasteiger charge is 2.15. The van der Waals surface area contributed by atoms with Crippen LogP contribution >= 0.6 is 12.4 Å². The van der Waals surface area contributed by atoms with E-state index in [1.165, 1.54) is 19.2 Å². The van der Waals surface area contributed by atoms with Gasteiger partial charge >= 0.3 is 0 Å². The molecule has 0 aromatic carbocycles. The van der Waals surface area contributed by atoms with E-state index in [0.717, 1.165) is 0 Å². The van der Waals surface area contributed by atoms with Gasteiger partial charge in [0.1, 0.15) is 0 Å². The molecule has 1 heterocycles. The van der Waals surface area contributed by atoms with Gasteiger partial charge < -0.3 is 15.4 Å². The molecule has 2 N–H and O–H groups in total. The summed E-state index contributed by atoms with van der Waals surface area (Å²) in [6.45, 7) is 4.65. The molecule has 0 bridgehead atoms. The molecular formula is C9H12ClNO3. The van der Waals surface area contributed by atoms with Crippen molar-refractivity contribution in [1.82, 2.24) is 0 Å². The molecule has 0 amide bonds. The molecule has 0 fully saturated rings. The molecule has 4 nitrogen and oxygen atoms in total. The molecule has 0 atom stereocenters. The number of nitrogens with zero attached hydrogens (tertiary/aromatic N) is 1. The van der Waals surface area contributed by atoms with E-state index in [1.807, 2.05) is 0 Å². The normalized spacial score (nSPS) is 9.29. The highest BCUT2D eigenvalue weighted by Crippen LogP contribution is 2.22. The van der Waals surface area contributed by atoms with E-state index in [2.05, 4.69) is 6.58 Å². The maximum absolute atomic E-state index is 11.1. The van der Waals surface area contributed by atoms with Gasteiger partial charge in [-0.05, 0) is 0 Å². The fourth-order valence-corrected chi connectivity index (χ4v) is 1.10. The highest BCUT2D eigenvalue weighted by atomic mass is 35.5. The van der Waals surface area contributed by atoms with Crippen molar-refractivity contribution in [2.75, 3.05) is 0 Å². The zero-order valence-electron chi connectivity index (χ0n) is 7.73. The second kappa shape index (κ2) is 4.83. The monoisotopic (exact) mass is 217 g/mol. The van der Waals surface area contributed by atoms with E-state index in [1.54, 1.807) is 0 Å². The summed E-state index contributed by atoms with van der Waals surface area (Å²) in [6, 6.07) is 0. The summed E-state index contributed by atoms with van der Waals surface area (Å²) in [7, 11) is 0. The average Bonchev–Trinajstić information content (AvgIpc) is 2.13. The van der Waals surface area contributed by atoms with Crippen LogP contribution in [-0.2, 0) is 6.61 Å². The molecule has 0 spiro atoms. The summed E-state index contributed by atoms with van der Waals surface area (Å²) in [5.41, 5.74) is 0.954. The minimum atomic E-state index is -0.311. The predicted molar refractivity (Wildman–Crippen MR) is 55.1 cm³/mol. The summed E-state index contributed by atoms with van der Waals surface area (Å²) in [4.78, 5) is 0. The Bertz CT molecular complexity index is 352. The van der Waals surface area contributed by atoms with Gasteiger partial charge in [0.05, 0.1) is 6.61 Å². The predicted octanol–water partition coefficient (Wildman–Crippen LogP) is 0.891. The molecule has 0 saturated carbocycles. The Kier molecular flexibility index (Phi) is 4.40. The number of rotatable bonds is 2. The number of pyridine rings is 1. The molecule has 0 saturated heterocycles. The summed E-state index contributed by atoms with van der Waals surface area (Å²) < 4.78 is 0.547. The molecular weight excluding hydrogens is 206 g/mol. The topological polar surface area (TPSA) is 67.4 Å². The molecule has 5 heteroatoms. The molecule has 0 aliphatic heterocycles. The Labute approximate surface area is 88.1 Å². The van der Waals surface area contributed by atoms with Gasteiger partial charge in [0, 0.05) is 18.1 Å². The van der Waals surface area contributed by atoms with Crippen LogP contribution in [0.25, 0.3) is 6.08 Å². The summed E-state index contributed by atoms with van der Waals surface area (Å²) in [5.74, 6) is -0.171. The van der Waals surface area contributed by atoms with Crippen LogP contribution in [0.3, 0.4) is 0 Å². The lowest BCUT2D eigenvalue weighted by Crippen LogP contribution is -2.30. The van der Waals surface area contributed by atoms with Crippen molar-refractivity contribution in [2.45, 2.75) is 13.5 Å². The van der Waals surface area contributed by atoms with Crippen molar-refractivity contribution in [1.29, 1.82) is 0 Å². The van der Waals surface area contributed by atoms with Crippen LogP contribution in [-0.4, -0.2) is 10.2 Å². The van der Waals surface area contributed by atoms with Crippen molar-refractivity contribution in [3.8, 4) is 5.75 Å². The van der Waals surface area contributed by atoms with Crippen LogP contribution in [0.2, 0.25) is 0 Å². The average molecular weight is 218 g/mol. The molecule has 1 aromatic rings. The summed E-state index contributed by atoms with van der Waals surface area (Å²) in [5, 5.41) is 29.5. The second-order valence-corrected chi connectivity index (χ2v) is 2.69. The minimum Gasteiger partial charge on any atom is -0.618 e. The van der Waals surface area contributed by atoms with Crippen molar-refractivity contribution in [2.24, 2.45) is 0 Å². The van der Waals surface area contributed by atoms with Crippen molar-refractivity contribution in [3.63, 3.8) is 0 Å². The Morgan fingerprint density at radius 1 is 1.64 bits per heavy atom. The number of hydrogen-bond donors (Lipinski definition) is 2. The summed E-state index contributed by atoms with van der Waals surface area (Å²) >= 11 is 0. The Hall–Kier alpha value is -1.26. The fourth-order valence-electron chi connectivity index (χ4n) is 1.10. The summed E-state index contributed by atoms with van der Waals surface area (Å²) in [6.07, 6.45) is 2.69. The second-order valence-electron chi connectivity index (χ2n) is 2.69. The number of halogens is 1. The first-order chi connectivity index (χ1) is 6.11. The third-order valence-electron chi connectivity index (χ3n) is 1.94. The van der Waals surface area contributed by atoms with Crippen LogP contribution < -0.4 is 4.73 Å². The number of aromatic nitrogens is 1. The van der Waals surface area contributed by atoms with Gasteiger partial charge in [0.15, 0.2) is 11.9 Å². The van der Waals surface area contributed by atoms with Gasteiger partial charge in [-0.15, -0.1) is 12.4 Å². The van der Waals surface area contributed by atoms with Crippen LogP contribution in [0, 0.1) is 12.1 Å². The van der Waals surface area contributed by atoms with E-state index in [0.29, 0.717) is 15.9 Å². The van der Waals surface area contributed by atoms with E-state index in [4.69, 9.17) is 5.11 Å². The SMILES string of the molecule is C=Cc1c[n+]([O-])c(C)c(O)c1CO.Cl. The van der Waals surface area contributed by atoms with E-state index in [-0.39, 0.29) is 30.5 Å². The standard InChI is InChI=1S/C9H11NO3.ClH/c1-3-7-4-10(13)6(2)9(12)8(7)5-11;/h3-4,11-12H,1,5H2,2H3;1H. The number of aliphatic hydroxyl groups is 1. The first-order valence-corrected chi connectivity index (χ1v) is 3.79. The highest BCUT2D eigenvalue weighted by molar-refractivity contribution is 5.85. The van der Waals surface area contributed by atoms with Crippen molar-refractivity contribution >= 4 is 18.5 Å². The molecule has 0 aliphatic rings. The molecule has 14 heavy (non-hydrogen) atoms. The smallest absolute Gasteiger partial charge is 0.231 e. The van der Waals surface area contributed by atoms with E-state index in [9.17, 15) is 10.3 Å².